The number of halogens is 1. The van der Waals surface area contributed by atoms with E-state index in [0.717, 1.165) is 31.5 Å². The number of carbonyl (C=O) groups excluding carboxylic acids is 1. The van der Waals surface area contributed by atoms with E-state index in [0.29, 0.717) is 41.5 Å². The normalized spacial score (nSPS) is 14.4. The molecule has 0 saturated heterocycles. The number of aldehydes is 1. The van der Waals surface area contributed by atoms with Gasteiger partial charge in [-0.15, -0.1) is 0 Å². The Balaban J connectivity index is 1.79. The molecule has 2 heterocycles. The highest BCUT2D eigenvalue weighted by atomic mass is 19.1. The largest absolute Gasteiger partial charge is 0.508 e. The van der Waals surface area contributed by atoms with Gasteiger partial charge in [0.15, 0.2) is 11.9 Å². The summed E-state index contributed by atoms with van der Waals surface area (Å²) in [5, 5.41) is 9.98. The van der Waals surface area contributed by atoms with E-state index in [-0.39, 0.29) is 22.8 Å². The first-order valence-corrected chi connectivity index (χ1v) is 11.2. The third kappa shape index (κ3) is 3.71. The van der Waals surface area contributed by atoms with Crippen LogP contribution >= 0.6 is 0 Å². The van der Waals surface area contributed by atoms with E-state index < -0.39 is 17.1 Å². The molecule has 1 saturated carbocycles. The highest BCUT2D eigenvalue weighted by Gasteiger charge is 2.24. The van der Waals surface area contributed by atoms with E-state index in [1.165, 1.54) is 27.3 Å². The molecule has 0 spiro atoms. The minimum absolute atomic E-state index is 0.00314. The SMILES string of the molecule is O=Cc1ccc(O)cc1-c1cccc(-n2c(=O)n(C3CCCCC3)c(=O)c3cc(F)cnc32)c1. The molecule has 2 aromatic carbocycles. The maximum atomic E-state index is 14.1. The minimum atomic E-state index is -0.658. The van der Waals surface area contributed by atoms with Crippen molar-refractivity contribution in [1.29, 1.82) is 0 Å². The van der Waals surface area contributed by atoms with Gasteiger partial charge >= 0.3 is 5.69 Å². The second-order valence-electron chi connectivity index (χ2n) is 8.55. The molecule has 172 valence electrons. The zero-order chi connectivity index (χ0) is 23.8. The number of benzene rings is 2. The van der Waals surface area contributed by atoms with Crippen LogP contribution in [0.4, 0.5) is 4.39 Å². The summed E-state index contributed by atoms with van der Waals surface area (Å²) in [7, 11) is 0. The average molecular weight is 459 g/mol. The van der Waals surface area contributed by atoms with Crippen molar-refractivity contribution in [2.75, 3.05) is 0 Å². The predicted octanol–water partition coefficient (Wildman–Crippen LogP) is 4.38. The number of hydrogen-bond donors (Lipinski definition) is 1. The van der Waals surface area contributed by atoms with Gasteiger partial charge in [0.25, 0.3) is 5.56 Å². The third-order valence-corrected chi connectivity index (χ3v) is 6.41. The molecule has 0 atom stereocenters. The Labute approximate surface area is 193 Å². The molecule has 8 heteroatoms. The van der Waals surface area contributed by atoms with Crippen molar-refractivity contribution in [2.45, 2.75) is 38.1 Å². The molecule has 1 aliphatic rings. The molecule has 34 heavy (non-hydrogen) atoms. The van der Waals surface area contributed by atoms with Crippen molar-refractivity contribution in [1.82, 2.24) is 14.1 Å². The molecule has 0 bridgehead atoms. The lowest BCUT2D eigenvalue weighted by molar-refractivity contribution is 0.112. The number of rotatable bonds is 4. The quantitative estimate of drug-likeness (QED) is 0.457. The van der Waals surface area contributed by atoms with Crippen LogP contribution < -0.4 is 11.2 Å². The summed E-state index contributed by atoms with van der Waals surface area (Å²) in [6, 6.07) is 12.1. The summed E-state index contributed by atoms with van der Waals surface area (Å²) in [5.41, 5.74) is 0.861. The van der Waals surface area contributed by atoms with Gasteiger partial charge in [-0.3, -0.25) is 14.2 Å². The number of pyridine rings is 1. The Morgan fingerprint density at radius 2 is 1.82 bits per heavy atom. The second-order valence-corrected chi connectivity index (χ2v) is 8.55. The average Bonchev–Trinajstić information content (AvgIpc) is 2.85. The predicted molar refractivity (Wildman–Crippen MR) is 126 cm³/mol. The van der Waals surface area contributed by atoms with Crippen LogP contribution in [0.25, 0.3) is 27.8 Å². The Hall–Kier alpha value is -4.07. The van der Waals surface area contributed by atoms with Crippen LogP contribution in [0, 0.1) is 5.82 Å². The molecule has 0 aliphatic heterocycles. The Bertz CT molecular complexity index is 1530. The van der Waals surface area contributed by atoms with Gasteiger partial charge in [-0.2, -0.15) is 0 Å². The monoisotopic (exact) mass is 459 g/mol. The number of nitrogens with zero attached hydrogens (tertiary/aromatic N) is 3. The molecule has 0 radical (unpaired) electrons. The first kappa shape index (κ1) is 21.8. The first-order chi connectivity index (χ1) is 16.5. The molecule has 0 unspecified atom stereocenters. The molecule has 2 aromatic heterocycles. The van der Waals surface area contributed by atoms with Crippen LogP contribution in [0.2, 0.25) is 0 Å². The number of phenols is 1. The van der Waals surface area contributed by atoms with Crippen LogP contribution in [0.1, 0.15) is 48.5 Å². The van der Waals surface area contributed by atoms with E-state index in [1.807, 2.05) is 0 Å². The number of fused-ring (bicyclic) bond motifs is 1. The maximum absolute atomic E-state index is 14.1. The lowest BCUT2D eigenvalue weighted by Crippen LogP contribution is -2.42. The zero-order valence-electron chi connectivity index (χ0n) is 18.3. The fourth-order valence-corrected chi connectivity index (χ4v) is 4.79. The highest BCUT2D eigenvalue weighted by molar-refractivity contribution is 5.88. The summed E-state index contributed by atoms with van der Waals surface area (Å²) in [6.07, 6.45) is 5.96. The van der Waals surface area contributed by atoms with Gasteiger partial charge in [0.2, 0.25) is 0 Å². The molecule has 4 aromatic rings. The van der Waals surface area contributed by atoms with E-state index in [9.17, 15) is 23.9 Å². The summed E-state index contributed by atoms with van der Waals surface area (Å²) < 4.78 is 16.6. The fraction of sp³-hybridized carbons (Fsp3) is 0.231. The van der Waals surface area contributed by atoms with Gasteiger partial charge < -0.3 is 5.11 Å². The van der Waals surface area contributed by atoms with Crippen molar-refractivity contribution in [3.63, 3.8) is 0 Å². The smallest absolute Gasteiger partial charge is 0.337 e. The number of hydrogen-bond acceptors (Lipinski definition) is 5. The zero-order valence-corrected chi connectivity index (χ0v) is 18.3. The van der Waals surface area contributed by atoms with Crippen molar-refractivity contribution in [2.24, 2.45) is 0 Å². The van der Waals surface area contributed by atoms with Crippen molar-refractivity contribution in [3.8, 4) is 22.6 Å². The summed E-state index contributed by atoms with van der Waals surface area (Å²) in [6.45, 7) is 0. The maximum Gasteiger partial charge on any atom is 0.337 e. The topological polar surface area (TPSA) is 94.2 Å². The van der Waals surface area contributed by atoms with Crippen molar-refractivity contribution < 1.29 is 14.3 Å². The number of aromatic hydroxyl groups is 1. The number of phenolic OH excluding ortho intramolecular Hbond substituents is 1. The standard InChI is InChI=1S/C26H22FN3O4/c27-18-12-23-24(28-14-18)29(26(34)30(25(23)33)19-6-2-1-3-7-19)20-8-4-5-16(11-20)22-13-21(32)10-9-17(22)15-31/h4-5,8-15,19,32H,1-3,6-7H2. The van der Waals surface area contributed by atoms with Crippen molar-refractivity contribution >= 4 is 17.3 Å². The van der Waals surface area contributed by atoms with Crippen LogP contribution in [0.5, 0.6) is 5.75 Å². The molecule has 5 rings (SSSR count). The van der Waals surface area contributed by atoms with E-state index in [4.69, 9.17) is 0 Å². The molecular weight excluding hydrogens is 437 g/mol. The second kappa shape index (κ2) is 8.70. The highest BCUT2D eigenvalue weighted by Crippen LogP contribution is 2.29. The molecule has 1 N–H and O–H groups in total. The van der Waals surface area contributed by atoms with Gasteiger partial charge in [0.1, 0.15) is 11.6 Å². The van der Waals surface area contributed by atoms with Gasteiger partial charge in [-0.05, 0) is 60.4 Å². The number of aromatic nitrogens is 3. The van der Waals surface area contributed by atoms with E-state index in [1.54, 1.807) is 24.3 Å². The fourth-order valence-electron chi connectivity index (χ4n) is 4.79. The van der Waals surface area contributed by atoms with Gasteiger partial charge in [0.05, 0.1) is 17.3 Å². The summed E-state index contributed by atoms with van der Waals surface area (Å²) >= 11 is 0. The minimum Gasteiger partial charge on any atom is -0.508 e. The first-order valence-electron chi connectivity index (χ1n) is 11.2. The molecule has 7 nitrogen and oxygen atoms in total. The summed E-state index contributed by atoms with van der Waals surface area (Å²) in [4.78, 5) is 42.6. The van der Waals surface area contributed by atoms with Crippen LogP contribution in [-0.2, 0) is 0 Å². The van der Waals surface area contributed by atoms with Gasteiger partial charge in [0, 0.05) is 11.6 Å². The van der Waals surface area contributed by atoms with E-state index in [2.05, 4.69) is 4.98 Å². The lowest BCUT2D eigenvalue weighted by Gasteiger charge is -2.24. The van der Waals surface area contributed by atoms with Crippen molar-refractivity contribution in [3.05, 3.63) is 86.9 Å². The lowest BCUT2D eigenvalue weighted by atomic mass is 9.95. The third-order valence-electron chi connectivity index (χ3n) is 6.41. The summed E-state index contributed by atoms with van der Waals surface area (Å²) in [5.74, 6) is -0.661. The Morgan fingerprint density at radius 3 is 2.59 bits per heavy atom. The molecule has 1 fully saturated rings. The van der Waals surface area contributed by atoms with Gasteiger partial charge in [-0.25, -0.2) is 18.7 Å². The molecule has 0 amide bonds. The van der Waals surface area contributed by atoms with Crippen LogP contribution in [0.3, 0.4) is 0 Å². The van der Waals surface area contributed by atoms with Crippen LogP contribution in [-0.4, -0.2) is 25.5 Å². The Morgan fingerprint density at radius 1 is 1.03 bits per heavy atom. The molecule has 1 aliphatic carbocycles. The van der Waals surface area contributed by atoms with E-state index >= 15 is 0 Å². The van der Waals surface area contributed by atoms with Gasteiger partial charge in [-0.1, -0.05) is 31.4 Å². The molecular formula is C26H22FN3O4. The van der Waals surface area contributed by atoms with Crippen LogP contribution in [0.15, 0.2) is 64.3 Å². The Kier molecular flexibility index (Phi) is 5.57. The number of carbonyl (C=O) groups is 1.